The van der Waals surface area contributed by atoms with E-state index in [0.29, 0.717) is 6.54 Å². The number of rotatable bonds is 6. The van der Waals surface area contributed by atoms with Crippen LogP contribution in [0.2, 0.25) is 0 Å². The maximum absolute atomic E-state index is 13.1. The number of methoxy groups -OCH3 is 1. The van der Waals surface area contributed by atoms with Gasteiger partial charge in [-0.3, -0.25) is 0 Å². The van der Waals surface area contributed by atoms with E-state index in [1.54, 1.807) is 16.2 Å². The van der Waals surface area contributed by atoms with E-state index < -0.39 is 17.8 Å². The summed E-state index contributed by atoms with van der Waals surface area (Å²) in [5, 5.41) is 6.54. The molecule has 0 unspecified atom stereocenters. The molecule has 2 heterocycles. The first-order chi connectivity index (χ1) is 13.4. The molecule has 1 aliphatic heterocycles. The average molecular weight is 414 g/mol. The van der Waals surface area contributed by atoms with Gasteiger partial charge in [-0.2, -0.15) is 24.5 Å². The van der Waals surface area contributed by atoms with Crippen LogP contribution in [0.5, 0.6) is 5.75 Å². The summed E-state index contributed by atoms with van der Waals surface area (Å²) in [4.78, 5) is 14.5. The highest BCUT2D eigenvalue weighted by Crippen LogP contribution is 2.37. The van der Waals surface area contributed by atoms with Gasteiger partial charge in [0.2, 0.25) is 0 Å². The second kappa shape index (κ2) is 8.83. The number of alkyl halides is 3. The second-order valence-corrected chi connectivity index (χ2v) is 7.17. The van der Waals surface area contributed by atoms with Crippen molar-refractivity contribution in [3.05, 3.63) is 46.2 Å². The lowest BCUT2D eigenvalue weighted by atomic mass is 10.1. The summed E-state index contributed by atoms with van der Waals surface area (Å²) in [7, 11) is 1.50. The molecule has 3 rings (SSSR count). The number of carbonyl (C=O) groups excluding carboxylic acids is 1. The zero-order chi connectivity index (χ0) is 20.1. The topological polar surface area (TPSA) is 50.8 Å². The van der Waals surface area contributed by atoms with Crippen LogP contribution in [-0.4, -0.2) is 37.8 Å². The van der Waals surface area contributed by atoms with Gasteiger partial charge in [-0.25, -0.2) is 4.79 Å². The van der Waals surface area contributed by atoms with Crippen molar-refractivity contribution in [2.24, 2.45) is 0 Å². The van der Waals surface area contributed by atoms with E-state index in [1.807, 2.05) is 16.8 Å². The summed E-state index contributed by atoms with van der Waals surface area (Å²) in [5.74, 6) is 0.171. The zero-order valence-corrected chi connectivity index (χ0v) is 16.1. The molecule has 0 radical (unpaired) electrons. The Morgan fingerprint density at radius 3 is 2.82 bits per heavy atom. The predicted octanol–water partition coefficient (Wildman–Crippen LogP) is 5.16. The Bertz CT molecular complexity index is 796. The highest BCUT2D eigenvalue weighted by Gasteiger charge is 2.33. The molecule has 1 aliphatic rings. The van der Waals surface area contributed by atoms with Crippen LogP contribution in [0.25, 0.3) is 0 Å². The summed E-state index contributed by atoms with van der Waals surface area (Å²) < 4.78 is 49.7. The van der Waals surface area contributed by atoms with E-state index in [0.717, 1.165) is 30.5 Å². The van der Waals surface area contributed by atoms with Gasteiger partial charge in [0, 0.05) is 13.7 Å². The highest BCUT2D eigenvalue weighted by molar-refractivity contribution is 7.08. The fraction of sp³-hybridized carbons (Fsp3) is 0.421. The SMILES string of the molecule is COCCOc1ccc(C(F)(F)F)cc1NC(=O)N1CCC[C@H]1c1ccsc1. The van der Waals surface area contributed by atoms with E-state index in [1.165, 1.54) is 13.2 Å². The van der Waals surface area contributed by atoms with Crippen LogP contribution in [0, 0.1) is 0 Å². The number of ether oxygens (including phenoxy) is 2. The van der Waals surface area contributed by atoms with Crippen molar-refractivity contribution in [1.82, 2.24) is 4.90 Å². The van der Waals surface area contributed by atoms with E-state index in [4.69, 9.17) is 9.47 Å². The molecule has 5 nitrogen and oxygen atoms in total. The van der Waals surface area contributed by atoms with Crippen LogP contribution < -0.4 is 10.1 Å². The summed E-state index contributed by atoms with van der Waals surface area (Å²) in [6.45, 7) is 0.984. The molecule has 9 heteroatoms. The molecular formula is C19H21F3N2O3S. The van der Waals surface area contributed by atoms with Crippen LogP contribution >= 0.6 is 11.3 Å². The van der Waals surface area contributed by atoms with Gasteiger partial charge in [0.25, 0.3) is 0 Å². The number of hydrogen-bond donors (Lipinski definition) is 1. The lowest BCUT2D eigenvalue weighted by Gasteiger charge is -2.25. The first-order valence-electron chi connectivity index (χ1n) is 8.83. The molecule has 2 aromatic rings. The molecule has 0 bridgehead atoms. The van der Waals surface area contributed by atoms with Gasteiger partial charge in [0.1, 0.15) is 12.4 Å². The lowest BCUT2D eigenvalue weighted by molar-refractivity contribution is -0.137. The highest BCUT2D eigenvalue weighted by atomic mass is 32.1. The molecule has 152 valence electrons. The number of amides is 2. The molecule has 1 aromatic carbocycles. The lowest BCUT2D eigenvalue weighted by Crippen LogP contribution is -2.34. The average Bonchev–Trinajstić information content (AvgIpc) is 3.33. The summed E-state index contributed by atoms with van der Waals surface area (Å²) >= 11 is 1.55. The number of carbonyl (C=O) groups is 1. The molecular weight excluding hydrogens is 393 g/mol. The fourth-order valence-corrected chi connectivity index (χ4v) is 3.88. The number of thiophene rings is 1. The standard InChI is InChI=1S/C19H21F3N2O3S/c1-26-8-9-27-17-5-4-14(19(20,21)22)11-15(17)23-18(25)24-7-2-3-16(24)13-6-10-28-12-13/h4-6,10-12,16H,2-3,7-9H2,1H3,(H,23,25)/t16-/m0/s1. The number of halogens is 3. The van der Waals surface area contributed by atoms with Crippen molar-refractivity contribution in [2.45, 2.75) is 25.1 Å². The number of hydrogen-bond acceptors (Lipinski definition) is 4. The number of nitrogens with zero attached hydrogens (tertiary/aromatic N) is 1. The minimum atomic E-state index is -4.52. The smallest absolute Gasteiger partial charge is 0.416 e. The van der Waals surface area contributed by atoms with Crippen molar-refractivity contribution in [3.8, 4) is 5.75 Å². The Morgan fingerprint density at radius 1 is 1.32 bits per heavy atom. The molecule has 0 spiro atoms. The van der Waals surface area contributed by atoms with Gasteiger partial charge in [-0.15, -0.1) is 0 Å². The minimum absolute atomic E-state index is 0.00750. The molecule has 0 aliphatic carbocycles. The number of benzene rings is 1. The molecule has 1 saturated heterocycles. The third-order valence-corrected chi connectivity index (χ3v) is 5.24. The molecule has 0 saturated carbocycles. The van der Waals surface area contributed by atoms with Crippen LogP contribution in [-0.2, 0) is 10.9 Å². The van der Waals surface area contributed by atoms with Crippen molar-refractivity contribution in [2.75, 3.05) is 32.2 Å². The molecule has 28 heavy (non-hydrogen) atoms. The third-order valence-electron chi connectivity index (χ3n) is 4.54. The summed E-state index contributed by atoms with van der Waals surface area (Å²) in [6, 6.07) is 4.50. The van der Waals surface area contributed by atoms with Gasteiger partial charge in [-0.1, -0.05) is 0 Å². The van der Waals surface area contributed by atoms with Crippen molar-refractivity contribution >= 4 is 23.1 Å². The molecule has 1 aromatic heterocycles. The second-order valence-electron chi connectivity index (χ2n) is 6.39. The number of urea groups is 1. The van der Waals surface area contributed by atoms with E-state index >= 15 is 0 Å². The van der Waals surface area contributed by atoms with E-state index in [-0.39, 0.29) is 30.7 Å². The van der Waals surface area contributed by atoms with E-state index in [2.05, 4.69) is 5.32 Å². The molecule has 1 N–H and O–H groups in total. The predicted molar refractivity (Wildman–Crippen MR) is 101 cm³/mol. The molecule has 1 atom stereocenters. The first-order valence-corrected chi connectivity index (χ1v) is 9.77. The van der Waals surface area contributed by atoms with Gasteiger partial charge in [0.05, 0.1) is 23.9 Å². The van der Waals surface area contributed by atoms with Crippen LogP contribution in [0.1, 0.15) is 30.0 Å². The summed E-state index contributed by atoms with van der Waals surface area (Å²) in [6.07, 6.45) is -2.85. The van der Waals surface area contributed by atoms with Crippen LogP contribution in [0.15, 0.2) is 35.0 Å². The van der Waals surface area contributed by atoms with Gasteiger partial charge in [-0.05, 0) is 53.4 Å². The quantitative estimate of drug-likeness (QED) is 0.664. The Hall–Kier alpha value is -2.26. The van der Waals surface area contributed by atoms with Gasteiger partial charge < -0.3 is 19.7 Å². The first kappa shape index (κ1) is 20.5. The number of anilines is 1. The van der Waals surface area contributed by atoms with Crippen molar-refractivity contribution < 1.29 is 27.4 Å². The third kappa shape index (κ3) is 4.77. The Balaban J connectivity index is 1.81. The normalized spacial score (nSPS) is 17.0. The van der Waals surface area contributed by atoms with Crippen LogP contribution in [0.3, 0.4) is 0 Å². The Morgan fingerprint density at radius 2 is 2.14 bits per heavy atom. The number of nitrogens with one attached hydrogen (secondary N) is 1. The largest absolute Gasteiger partial charge is 0.489 e. The van der Waals surface area contributed by atoms with Gasteiger partial charge >= 0.3 is 12.2 Å². The molecule has 2 amide bonds. The summed E-state index contributed by atoms with van der Waals surface area (Å²) in [5.41, 5.74) is 0.183. The zero-order valence-electron chi connectivity index (χ0n) is 15.3. The Kier molecular flexibility index (Phi) is 6.46. The monoisotopic (exact) mass is 414 g/mol. The van der Waals surface area contributed by atoms with Crippen LogP contribution in [0.4, 0.5) is 23.7 Å². The number of likely N-dealkylation sites (tertiary alicyclic amines) is 1. The molecule has 1 fully saturated rings. The van der Waals surface area contributed by atoms with Crippen molar-refractivity contribution in [1.29, 1.82) is 0 Å². The van der Waals surface area contributed by atoms with E-state index in [9.17, 15) is 18.0 Å². The maximum atomic E-state index is 13.1. The van der Waals surface area contributed by atoms with Crippen molar-refractivity contribution in [3.63, 3.8) is 0 Å². The van der Waals surface area contributed by atoms with Gasteiger partial charge in [0.15, 0.2) is 0 Å². The minimum Gasteiger partial charge on any atom is -0.489 e. The Labute approximate surface area is 165 Å². The maximum Gasteiger partial charge on any atom is 0.416 e. The fourth-order valence-electron chi connectivity index (χ4n) is 3.17.